The Bertz CT molecular complexity index is 761. The minimum Gasteiger partial charge on any atom is -0.493 e. The number of amides is 1. The van der Waals surface area contributed by atoms with Gasteiger partial charge in [-0.2, -0.15) is 0 Å². The van der Waals surface area contributed by atoms with E-state index in [-0.39, 0.29) is 17.4 Å². The highest BCUT2D eigenvalue weighted by atomic mass is 16.5. The second-order valence-corrected chi connectivity index (χ2v) is 8.41. The van der Waals surface area contributed by atoms with Gasteiger partial charge < -0.3 is 15.0 Å². The molecule has 28 heavy (non-hydrogen) atoms. The molecule has 0 radical (unpaired) electrons. The van der Waals surface area contributed by atoms with Gasteiger partial charge in [-0.3, -0.25) is 4.79 Å². The number of carbonyl (C=O) groups excluding carboxylic acids is 1. The zero-order chi connectivity index (χ0) is 20.7. The molecule has 1 atom stereocenters. The molecule has 2 rings (SSSR count). The lowest BCUT2D eigenvalue weighted by Gasteiger charge is -2.26. The molecule has 0 aliphatic carbocycles. The van der Waals surface area contributed by atoms with Gasteiger partial charge >= 0.3 is 0 Å². The normalized spacial score (nSPS) is 12.7. The average Bonchev–Trinajstić information content (AvgIpc) is 2.66. The van der Waals surface area contributed by atoms with Crippen molar-refractivity contribution in [3.63, 3.8) is 0 Å². The molecule has 0 aliphatic rings. The molecule has 0 aromatic heterocycles. The van der Waals surface area contributed by atoms with Crippen LogP contribution in [0.4, 0.5) is 0 Å². The van der Waals surface area contributed by atoms with Gasteiger partial charge in [0.05, 0.1) is 18.2 Å². The summed E-state index contributed by atoms with van der Waals surface area (Å²) >= 11 is 0. The third-order valence-corrected chi connectivity index (χ3v) is 4.83. The number of para-hydroxylation sites is 1. The van der Waals surface area contributed by atoms with Crippen LogP contribution < -0.4 is 10.1 Å². The molecule has 0 saturated heterocycles. The van der Waals surface area contributed by atoms with Gasteiger partial charge in [0, 0.05) is 6.54 Å². The fourth-order valence-corrected chi connectivity index (χ4v) is 3.08. The van der Waals surface area contributed by atoms with Crippen LogP contribution in [0.15, 0.2) is 48.5 Å². The Balaban J connectivity index is 2.11. The number of benzene rings is 2. The lowest BCUT2D eigenvalue weighted by molar-refractivity contribution is 0.0938. The van der Waals surface area contributed by atoms with Crippen LogP contribution in [0.5, 0.6) is 5.75 Å². The van der Waals surface area contributed by atoms with Gasteiger partial charge in [0.1, 0.15) is 5.75 Å². The summed E-state index contributed by atoms with van der Waals surface area (Å²) in [7, 11) is 4.07. The van der Waals surface area contributed by atoms with Gasteiger partial charge in [0.2, 0.25) is 0 Å². The van der Waals surface area contributed by atoms with E-state index in [0.29, 0.717) is 24.5 Å². The van der Waals surface area contributed by atoms with E-state index >= 15 is 0 Å². The molecule has 2 aromatic carbocycles. The summed E-state index contributed by atoms with van der Waals surface area (Å²) in [6.07, 6.45) is 0.906. The lowest BCUT2D eigenvalue weighted by atomic mass is 9.86. The number of likely N-dealkylation sites (N-methyl/N-ethyl adjacent to an activating group) is 1. The van der Waals surface area contributed by atoms with Crippen LogP contribution in [0, 0.1) is 0 Å². The third-order valence-electron chi connectivity index (χ3n) is 4.83. The summed E-state index contributed by atoms with van der Waals surface area (Å²) in [4.78, 5) is 14.9. The van der Waals surface area contributed by atoms with E-state index in [1.54, 1.807) is 0 Å². The number of nitrogens with one attached hydrogen (secondary N) is 1. The second-order valence-electron chi connectivity index (χ2n) is 8.41. The summed E-state index contributed by atoms with van der Waals surface area (Å²) in [6, 6.07) is 16.2. The minimum atomic E-state index is -0.107. The molecule has 0 bridgehead atoms. The Hall–Kier alpha value is -2.33. The van der Waals surface area contributed by atoms with Crippen molar-refractivity contribution in [1.29, 1.82) is 0 Å². The zero-order valence-corrected chi connectivity index (χ0v) is 18.1. The first-order valence-corrected chi connectivity index (χ1v) is 10.0. The van der Waals surface area contributed by atoms with Crippen molar-refractivity contribution in [2.75, 3.05) is 27.2 Å². The quantitative estimate of drug-likeness (QED) is 0.713. The van der Waals surface area contributed by atoms with Crippen LogP contribution >= 0.6 is 0 Å². The maximum Gasteiger partial charge on any atom is 0.255 e. The molecule has 152 valence electrons. The minimum absolute atomic E-state index is 0.0988. The average molecular weight is 383 g/mol. The Morgan fingerprint density at radius 2 is 1.71 bits per heavy atom. The molecule has 0 heterocycles. The number of hydrogen-bond acceptors (Lipinski definition) is 3. The fraction of sp³-hybridized carbons (Fsp3) is 0.458. The van der Waals surface area contributed by atoms with Crippen LogP contribution in [0.1, 0.15) is 61.6 Å². The summed E-state index contributed by atoms with van der Waals surface area (Å²) in [5, 5.41) is 3.08. The van der Waals surface area contributed by atoms with E-state index in [2.05, 4.69) is 62.2 Å². The molecule has 0 aliphatic heterocycles. The van der Waals surface area contributed by atoms with Crippen molar-refractivity contribution in [3.05, 3.63) is 65.2 Å². The highest BCUT2D eigenvalue weighted by Gasteiger charge is 2.19. The maximum atomic E-state index is 12.8. The number of ether oxygens (including phenoxy) is 1. The van der Waals surface area contributed by atoms with Gasteiger partial charge in [-0.25, -0.2) is 0 Å². The van der Waals surface area contributed by atoms with Gasteiger partial charge in [-0.1, -0.05) is 64.1 Å². The summed E-state index contributed by atoms with van der Waals surface area (Å²) in [6.45, 7) is 9.82. The van der Waals surface area contributed by atoms with Crippen molar-refractivity contribution in [3.8, 4) is 5.75 Å². The molecule has 2 aromatic rings. The predicted octanol–water partition coefficient (Wildman–Crippen LogP) is 4.81. The van der Waals surface area contributed by atoms with E-state index in [9.17, 15) is 4.79 Å². The van der Waals surface area contributed by atoms with E-state index in [4.69, 9.17) is 4.74 Å². The van der Waals surface area contributed by atoms with Crippen molar-refractivity contribution >= 4 is 5.91 Å². The smallest absolute Gasteiger partial charge is 0.255 e. The van der Waals surface area contributed by atoms with Crippen LogP contribution in [-0.2, 0) is 5.41 Å². The zero-order valence-electron chi connectivity index (χ0n) is 18.1. The van der Waals surface area contributed by atoms with E-state index < -0.39 is 0 Å². The predicted molar refractivity (Wildman–Crippen MR) is 116 cm³/mol. The molecule has 0 saturated carbocycles. The van der Waals surface area contributed by atoms with Gasteiger partial charge in [-0.15, -0.1) is 0 Å². The van der Waals surface area contributed by atoms with Crippen molar-refractivity contribution in [1.82, 2.24) is 10.2 Å². The van der Waals surface area contributed by atoms with Crippen LogP contribution in [0.25, 0.3) is 0 Å². The molecular weight excluding hydrogens is 348 g/mol. The van der Waals surface area contributed by atoms with E-state index in [0.717, 1.165) is 6.42 Å². The highest BCUT2D eigenvalue weighted by Crippen LogP contribution is 2.25. The summed E-state index contributed by atoms with van der Waals surface area (Å²) < 4.78 is 5.72. The van der Waals surface area contributed by atoms with E-state index in [1.165, 1.54) is 11.1 Å². The lowest BCUT2D eigenvalue weighted by Crippen LogP contribution is -2.34. The van der Waals surface area contributed by atoms with Crippen molar-refractivity contribution in [2.24, 2.45) is 0 Å². The monoisotopic (exact) mass is 382 g/mol. The number of carbonyl (C=O) groups is 1. The molecule has 1 amide bonds. The molecule has 1 N–H and O–H groups in total. The molecular formula is C24H34N2O2. The van der Waals surface area contributed by atoms with Gasteiger partial charge in [0.25, 0.3) is 5.91 Å². The highest BCUT2D eigenvalue weighted by molar-refractivity contribution is 5.96. The van der Waals surface area contributed by atoms with Gasteiger partial charge in [0.15, 0.2) is 0 Å². The largest absolute Gasteiger partial charge is 0.493 e. The van der Waals surface area contributed by atoms with Crippen LogP contribution in [0.2, 0.25) is 0 Å². The molecule has 0 spiro atoms. The SMILES string of the molecule is CCCOc1ccccc1C(=O)NC[C@@H](c1ccc(C(C)(C)C)cc1)N(C)C. The molecule has 4 nitrogen and oxygen atoms in total. The van der Waals surface area contributed by atoms with E-state index in [1.807, 2.05) is 38.4 Å². The Morgan fingerprint density at radius 1 is 1.07 bits per heavy atom. The maximum absolute atomic E-state index is 12.8. The Labute approximate surface area is 169 Å². The molecule has 4 heteroatoms. The third kappa shape index (κ3) is 5.83. The summed E-state index contributed by atoms with van der Waals surface area (Å²) in [5.74, 6) is 0.530. The first kappa shape index (κ1) is 22.0. The summed E-state index contributed by atoms with van der Waals surface area (Å²) in [5.41, 5.74) is 3.20. The number of hydrogen-bond donors (Lipinski definition) is 1. The Morgan fingerprint density at radius 3 is 2.29 bits per heavy atom. The van der Waals surface area contributed by atoms with Crippen molar-refractivity contribution in [2.45, 2.75) is 45.6 Å². The van der Waals surface area contributed by atoms with Crippen LogP contribution in [-0.4, -0.2) is 38.1 Å². The first-order chi connectivity index (χ1) is 13.2. The fourth-order valence-electron chi connectivity index (χ4n) is 3.08. The standard InChI is InChI=1S/C24H34N2O2/c1-7-16-28-22-11-9-8-10-20(22)23(27)25-17-21(26(5)6)18-12-14-19(15-13-18)24(2,3)4/h8-15,21H,7,16-17H2,1-6H3,(H,25,27)/t21-/m0/s1. The number of nitrogens with zero attached hydrogens (tertiary/aromatic N) is 1. The van der Waals surface area contributed by atoms with Crippen molar-refractivity contribution < 1.29 is 9.53 Å². The second kappa shape index (κ2) is 9.74. The Kier molecular flexibility index (Phi) is 7.64. The molecule has 0 unspecified atom stereocenters. The number of rotatable bonds is 8. The van der Waals surface area contributed by atoms with Crippen LogP contribution in [0.3, 0.4) is 0 Å². The molecule has 0 fully saturated rings. The van der Waals surface area contributed by atoms with Gasteiger partial charge in [-0.05, 0) is 49.2 Å². The topological polar surface area (TPSA) is 41.6 Å². The first-order valence-electron chi connectivity index (χ1n) is 10.0.